The first kappa shape index (κ1) is 24.3. The summed E-state index contributed by atoms with van der Waals surface area (Å²) in [5.74, 6) is 1.82. The number of benzene rings is 2. The number of aromatic nitrogens is 2. The van der Waals surface area contributed by atoms with E-state index in [2.05, 4.69) is 10.1 Å². The summed E-state index contributed by atoms with van der Waals surface area (Å²) in [6.45, 7) is -0.0665. The first-order valence-corrected chi connectivity index (χ1v) is 12.6. The third kappa shape index (κ3) is 4.84. The fourth-order valence-electron chi connectivity index (χ4n) is 4.13. The maximum absolute atomic E-state index is 13.8. The first-order chi connectivity index (χ1) is 16.4. The second-order valence-corrected chi connectivity index (χ2v) is 10.2. The molecule has 0 amide bonds. The van der Waals surface area contributed by atoms with Crippen molar-refractivity contribution < 1.29 is 27.2 Å². The molecule has 182 valence electrons. The van der Waals surface area contributed by atoms with Gasteiger partial charge in [-0.3, -0.25) is 0 Å². The fourth-order valence-corrected chi connectivity index (χ4v) is 6.18. The molecule has 0 aliphatic heterocycles. The molecule has 1 fully saturated rings. The summed E-state index contributed by atoms with van der Waals surface area (Å²) in [5.41, 5.74) is 0.652. The van der Waals surface area contributed by atoms with Gasteiger partial charge in [0.1, 0.15) is 10.6 Å². The zero-order valence-electron chi connectivity index (χ0n) is 19.2. The number of nitrogens with zero attached hydrogens (tertiary/aromatic N) is 3. The fraction of sp³-hybridized carbons (Fsp3) is 0.391. The summed E-state index contributed by atoms with van der Waals surface area (Å²) in [6, 6.07) is 9.60. The van der Waals surface area contributed by atoms with E-state index >= 15 is 0 Å². The maximum Gasteiger partial charge on any atom is 0.247 e. The highest BCUT2D eigenvalue weighted by Gasteiger charge is 2.36. The van der Waals surface area contributed by atoms with Gasteiger partial charge in [0.2, 0.25) is 21.7 Å². The Morgan fingerprint density at radius 3 is 2.35 bits per heavy atom. The van der Waals surface area contributed by atoms with Crippen LogP contribution in [0.2, 0.25) is 5.02 Å². The van der Waals surface area contributed by atoms with E-state index in [9.17, 15) is 8.42 Å². The minimum absolute atomic E-state index is 0.00836. The molecule has 0 saturated heterocycles. The lowest BCUT2D eigenvalue weighted by molar-refractivity contribution is 0.267. The Kier molecular flexibility index (Phi) is 7.30. The van der Waals surface area contributed by atoms with Crippen molar-refractivity contribution in [3.8, 4) is 28.6 Å². The molecule has 0 unspecified atom stereocenters. The monoisotopic (exact) mass is 507 g/mol. The van der Waals surface area contributed by atoms with E-state index in [1.54, 1.807) is 37.4 Å². The van der Waals surface area contributed by atoms with Crippen LogP contribution in [0.25, 0.3) is 11.4 Å². The quantitative estimate of drug-likeness (QED) is 0.415. The summed E-state index contributed by atoms with van der Waals surface area (Å²) < 4.78 is 50.3. The molecule has 1 aliphatic rings. The molecule has 0 spiro atoms. The smallest absolute Gasteiger partial charge is 0.247 e. The van der Waals surface area contributed by atoms with E-state index in [0.29, 0.717) is 27.9 Å². The van der Waals surface area contributed by atoms with Crippen LogP contribution in [0.1, 0.15) is 31.6 Å². The Balaban J connectivity index is 1.67. The highest BCUT2D eigenvalue weighted by molar-refractivity contribution is 7.89. The lowest BCUT2D eigenvalue weighted by Gasteiger charge is -2.27. The highest BCUT2D eigenvalue weighted by atomic mass is 35.5. The minimum Gasteiger partial charge on any atom is -0.495 e. The Hall–Kier alpha value is -2.82. The normalized spacial score (nSPS) is 14.5. The molecule has 34 heavy (non-hydrogen) atoms. The zero-order valence-corrected chi connectivity index (χ0v) is 20.7. The lowest BCUT2D eigenvalue weighted by Crippen LogP contribution is -2.38. The van der Waals surface area contributed by atoms with Gasteiger partial charge in [-0.25, -0.2) is 8.42 Å². The third-order valence-electron chi connectivity index (χ3n) is 5.85. The largest absolute Gasteiger partial charge is 0.495 e. The van der Waals surface area contributed by atoms with Gasteiger partial charge in [-0.15, -0.1) is 0 Å². The standard InChI is InChI=1S/C23H26ClN3O6S/c1-30-18-10-8-15(12-20(18)32-3)23-25-22(33-26-23)14-27(17-6-4-5-7-17)34(28,29)21-13-16(24)9-11-19(21)31-2/h8-13,17H,4-7,14H2,1-3H3. The predicted molar refractivity (Wildman–Crippen MR) is 126 cm³/mol. The predicted octanol–water partition coefficient (Wildman–Crippen LogP) is 4.55. The molecule has 2 aromatic carbocycles. The van der Waals surface area contributed by atoms with Crippen molar-refractivity contribution in [2.24, 2.45) is 0 Å². The molecule has 3 aromatic rings. The van der Waals surface area contributed by atoms with Crippen molar-refractivity contribution >= 4 is 21.6 Å². The molecular weight excluding hydrogens is 482 g/mol. The Morgan fingerprint density at radius 1 is 1.00 bits per heavy atom. The van der Waals surface area contributed by atoms with Gasteiger partial charge in [0.05, 0.1) is 27.9 Å². The molecule has 1 heterocycles. The number of sulfonamides is 1. The van der Waals surface area contributed by atoms with Crippen LogP contribution in [0.15, 0.2) is 45.8 Å². The molecule has 1 aromatic heterocycles. The van der Waals surface area contributed by atoms with Crippen LogP contribution in [0.5, 0.6) is 17.2 Å². The average molecular weight is 508 g/mol. The van der Waals surface area contributed by atoms with Gasteiger partial charge in [-0.2, -0.15) is 9.29 Å². The molecular formula is C23H26ClN3O6S. The van der Waals surface area contributed by atoms with Crippen molar-refractivity contribution in [3.05, 3.63) is 47.3 Å². The SMILES string of the molecule is COc1ccc(-c2noc(CN(C3CCCC3)S(=O)(=O)c3cc(Cl)ccc3OC)n2)cc1OC. The van der Waals surface area contributed by atoms with Crippen molar-refractivity contribution in [2.45, 2.75) is 43.2 Å². The summed E-state index contributed by atoms with van der Waals surface area (Å²) in [4.78, 5) is 4.46. The maximum atomic E-state index is 13.8. The number of methoxy groups -OCH3 is 3. The summed E-state index contributed by atoms with van der Waals surface area (Å²) in [7, 11) is 0.555. The van der Waals surface area contributed by atoms with Crippen LogP contribution in [-0.4, -0.2) is 50.2 Å². The third-order valence-corrected chi connectivity index (χ3v) is 8.00. The number of hydrogen-bond donors (Lipinski definition) is 0. The summed E-state index contributed by atoms with van der Waals surface area (Å²) >= 11 is 6.12. The van der Waals surface area contributed by atoms with Crippen LogP contribution < -0.4 is 14.2 Å². The van der Waals surface area contributed by atoms with E-state index in [1.807, 2.05) is 0 Å². The minimum atomic E-state index is -3.96. The highest BCUT2D eigenvalue weighted by Crippen LogP contribution is 2.36. The van der Waals surface area contributed by atoms with Crippen LogP contribution in [0.3, 0.4) is 0 Å². The van der Waals surface area contributed by atoms with Crippen molar-refractivity contribution in [1.29, 1.82) is 0 Å². The van der Waals surface area contributed by atoms with E-state index < -0.39 is 10.0 Å². The van der Waals surface area contributed by atoms with Crippen molar-refractivity contribution in [2.75, 3.05) is 21.3 Å². The van der Waals surface area contributed by atoms with Gasteiger partial charge in [0.25, 0.3) is 0 Å². The summed E-state index contributed by atoms with van der Waals surface area (Å²) in [5, 5.41) is 4.35. The topological polar surface area (TPSA) is 104 Å². The molecule has 9 nitrogen and oxygen atoms in total. The number of ether oxygens (including phenoxy) is 3. The molecule has 0 atom stereocenters. The van der Waals surface area contributed by atoms with E-state index in [1.165, 1.54) is 24.6 Å². The lowest BCUT2D eigenvalue weighted by atomic mass is 10.2. The van der Waals surface area contributed by atoms with Gasteiger partial charge < -0.3 is 18.7 Å². The van der Waals surface area contributed by atoms with Crippen molar-refractivity contribution in [1.82, 2.24) is 14.4 Å². The number of hydrogen-bond acceptors (Lipinski definition) is 8. The Labute approximate surface area is 203 Å². The first-order valence-electron chi connectivity index (χ1n) is 10.8. The average Bonchev–Trinajstić information content (AvgIpc) is 3.54. The van der Waals surface area contributed by atoms with Crippen LogP contribution >= 0.6 is 11.6 Å². The van der Waals surface area contributed by atoms with Gasteiger partial charge in [0, 0.05) is 16.6 Å². The van der Waals surface area contributed by atoms with E-state index in [0.717, 1.165) is 25.7 Å². The van der Waals surface area contributed by atoms with Gasteiger partial charge in [-0.05, 0) is 49.2 Å². The van der Waals surface area contributed by atoms with Gasteiger partial charge >= 0.3 is 0 Å². The number of rotatable bonds is 9. The van der Waals surface area contributed by atoms with E-state index in [4.69, 9.17) is 30.3 Å². The second kappa shape index (κ2) is 10.2. The molecule has 1 saturated carbocycles. The second-order valence-electron chi connectivity index (χ2n) is 7.87. The van der Waals surface area contributed by atoms with E-state index in [-0.39, 0.29) is 29.1 Å². The molecule has 1 aliphatic carbocycles. The van der Waals surface area contributed by atoms with Crippen molar-refractivity contribution in [3.63, 3.8) is 0 Å². The molecule has 0 bridgehead atoms. The molecule has 0 N–H and O–H groups in total. The Morgan fingerprint density at radius 2 is 1.68 bits per heavy atom. The van der Waals surface area contributed by atoms with Crippen LogP contribution in [-0.2, 0) is 16.6 Å². The van der Waals surface area contributed by atoms with Crippen LogP contribution in [0.4, 0.5) is 0 Å². The van der Waals surface area contributed by atoms with Crippen LogP contribution in [0, 0.1) is 0 Å². The van der Waals surface area contributed by atoms with Gasteiger partial charge in [0.15, 0.2) is 11.5 Å². The van der Waals surface area contributed by atoms with Gasteiger partial charge in [-0.1, -0.05) is 29.6 Å². The summed E-state index contributed by atoms with van der Waals surface area (Å²) in [6.07, 6.45) is 3.39. The number of halogens is 1. The Bertz CT molecular complexity index is 1260. The molecule has 4 rings (SSSR count). The molecule has 0 radical (unpaired) electrons. The zero-order chi connectivity index (χ0) is 24.3. The molecule has 11 heteroatoms.